The van der Waals surface area contributed by atoms with Crippen LogP contribution in [0, 0.1) is 32.6 Å². The van der Waals surface area contributed by atoms with Crippen LogP contribution in [0.25, 0.3) is 10.9 Å². The van der Waals surface area contributed by atoms with Crippen molar-refractivity contribution in [1.29, 1.82) is 5.26 Å². The van der Waals surface area contributed by atoms with E-state index in [0.29, 0.717) is 53.2 Å². The maximum Gasteiger partial charge on any atom is 0.229 e. The summed E-state index contributed by atoms with van der Waals surface area (Å²) in [5, 5.41) is 13.4. The van der Waals surface area contributed by atoms with Gasteiger partial charge in [0.1, 0.15) is 5.52 Å². The van der Waals surface area contributed by atoms with Crippen molar-refractivity contribution in [3.63, 3.8) is 0 Å². The largest absolute Gasteiger partial charge is 0.477 e. The van der Waals surface area contributed by atoms with E-state index in [4.69, 9.17) is 10.00 Å². The molecule has 3 saturated carbocycles. The summed E-state index contributed by atoms with van der Waals surface area (Å²) in [5.74, 6) is 1.50. The fraction of sp³-hybridized carbons (Fsp3) is 0.500. The highest BCUT2D eigenvalue weighted by Gasteiger charge is 2.47. The standard InChI is InChI=1S/C20H20BrFIN3O/c1-2-27-20-16(23)19(25-17-11-5-6-12(17)8-11)13-9-10(4-3-7-24)14(21)15(22)18(13)26-20/h9,11-12,17H,2-6,8H2,1H3,(H,25,26)/t11-,12+,17?. The van der Waals surface area contributed by atoms with Crippen molar-refractivity contribution in [1.82, 2.24) is 4.98 Å². The summed E-state index contributed by atoms with van der Waals surface area (Å²) in [6, 6.07) is 4.55. The lowest BCUT2D eigenvalue weighted by Gasteiger charge is -2.37. The zero-order chi connectivity index (χ0) is 19.1. The first-order valence-electron chi connectivity index (χ1n) is 9.31. The molecule has 3 atom stereocenters. The summed E-state index contributed by atoms with van der Waals surface area (Å²) in [4.78, 5) is 4.47. The highest BCUT2D eigenvalue weighted by Crippen LogP contribution is 2.51. The molecule has 2 bridgehead atoms. The molecule has 0 amide bonds. The zero-order valence-corrected chi connectivity index (χ0v) is 18.7. The molecule has 0 radical (unpaired) electrons. The molecule has 1 aromatic heterocycles. The molecule has 27 heavy (non-hydrogen) atoms. The summed E-state index contributed by atoms with van der Waals surface area (Å²) in [7, 11) is 0. The predicted octanol–water partition coefficient (Wildman–Crippen LogP) is 5.81. The van der Waals surface area contributed by atoms with Gasteiger partial charge in [0.25, 0.3) is 0 Å². The molecule has 0 saturated heterocycles. The van der Waals surface area contributed by atoms with E-state index >= 15 is 4.39 Å². The van der Waals surface area contributed by atoms with Gasteiger partial charge in [0.2, 0.25) is 5.88 Å². The van der Waals surface area contributed by atoms with Crippen LogP contribution in [0.1, 0.15) is 38.2 Å². The molecule has 3 aliphatic rings. The zero-order valence-electron chi connectivity index (χ0n) is 15.0. The lowest BCUT2D eigenvalue weighted by molar-refractivity contribution is 0.262. The number of anilines is 1. The molecule has 1 aromatic carbocycles. The van der Waals surface area contributed by atoms with Gasteiger partial charge in [-0.2, -0.15) is 5.26 Å². The Balaban J connectivity index is 1.87. The number of pyridine rings is 1. The molecule has 1 N–H and O–H groups in total. The van der Waals surface area contributed by atoms with Crippen LogP contribution in [0.5, 0.6) is 5.88 Å². The van der Waals surface area contributed by atoms with Crippen molar-refractivity contribution < 1.29 is 9.13 Å². The molecule has 3 fully saturated rings. The third-order valence-corrected chi connectivity index (χ3v) is 7.63. The highest BCUT2D eigenvalue weighted by molar-refractivity contribution is 14.1. The van der Waals surface area contributed by atoms with E-state index in [9.17, 15) is 0 Å². The number of nitriles is 1. The first kappa shape index (κ1) is 19.2. The topological polar surface area (TPSA) is 57.9 Å². The first-order chi connectivity index (χ1) is 13.0. The Hall–Kier alpha value is -1.14. The van der Waals surface area contributed by atoms with E-state index in [2.05, 4.69) is 54.9 Å². The van der Waals surface area contributed by atoms with Crippen molar-refractivity contribution in [2.45, 2.75) is 45.1 Å². The van der Waals surface area contributed by atoms with Gasteiger partial charge in [-0.3, -0.25) is 0 Å². The number of hydrogen-bond acceptors (Lipinski definition) is 4. The molecule has 142 valence electrons. The number of aromatic nitrogens is 1. The van der Waals surface area contributed by atoms with Crippen molar-refractivity contribution in [2.24, 2.45) is 11.8 Å². The smallest absolute Gasteiger partial charge is 0.229 e. The normalized spacial score (nSPS) is 23.1. The number of rotatable bonds is 6. The van der Waals surface area contributed by atoms with Crippen LogP contribution in [-0.4, -0.2) is 17.6 Å². The van der Waals surface area contributed by atoms with Crippen LogP contribution in [0.15, 0.2) is 10.5 Å². The Morgan fingerprint density at radius 2 is 2.19 bits per heavy atom. The molecule has 0 spiro atoms. The van der Waals surface area contributed by atoms with E-state index in [1.54, 1.807) is 0 Å². The Kier molecular flexibility index (Phi) is 5.48. The number of ether oxygens (including phenoxy) is 1. The number of aryl methyl sites for hydroxylation is 1. The fourth-order valence-corrected chi connectivity index (χ4v) is 5.61. The minimum Gasteiger partial charge on any atom is -0.477 e. The maximum atomic E-state index is 15.1. The van der Waals surface area contributed by atoms with Gasteiger partial charge in [-0.1, -0.05) is 0 Å². The molecule has 3 aliphatic carbocycles. The van der Waals surface area contributed by atoms with E-state index in [1.807, 2.05) is 13.0 Å². The summed E-state index contributed by atoms with van der Waals surface area (Å²) in [5.41, 5.74) is 2.01. The number of hydrogen-bond donors (Lipinski definition) is 1. The van der Waals surface area contributed by atoms with Crippen molar-refractivity contribution in [3.8, 4) is 11.9 Å². The Morgan fingerprint density at radius 3 is 2.81 bits per heavy atom. The molecular formula is C20H20BrFIN3O. The van der Waals surface area contributed by atoms with Gasteiger partial charge >= 0.3 is 0 Å². The molecule has 0 aliphatic heterocycles. The summed E-state index contributed by atoms with van der Waals surface area (Å²) in [6.45, 7) is 2.38. The maximum absolute atomic E-state index is 15.1. The summed E-state index contributed by atoms with van der Waals surface area (Å²) in [6.07, 6.45) is 4.69. The Bertz CT molecular complexity index is 931. The third-order valence-electron chi connectivity index (χ3n) is 5.77. The molecule has 1 unspecified atom stereocenters. The SMILES string of the molecule is CCOc1nc2c(F)c(Br)c(CCC#N)cc2c(NC2[C@@H]3CC[C@H]2C3)c1I. The molecule has 5 rings (SSSR count). The van der Waals surface area contributed by atoms with Gasteiger partial charge in [-0.05, 0) is 94.6 Å². The molecule has 4 nitrogen and oxygen atoms in total. The Morgan fingerprint density at radius 1 is 1.44 bits per heavy atom. The summed E-state index contributed by atoms with van der Waals surface area (Å²) >= 11 is 5.60. The van der Waals surface area contributed by atoms with Gasteiger partial charge in [0, 0.05) is 17.8 Å². The van der Waals surface area contributed by atoms with Crippen LogP contribution >= 0.6 is 38.5 Å². The van der Waals surface area contributed by atoms with E-state index in [0.717, 1.165) is 20.2 Å². The monoisotopic (exact) mass is 543 g/mol. The van der Waals surface area contributed by atoms with Gasteiger partial charge in [0.05, 0.1) is 26.4 Å². The second-order valence-electron chi connectivity index (χ2n) is 7.26. The predicted molar refractivity (Wildman–Crippen MR) is 115 cm³/mol. The average molecular weight is 544 g/mol. The number of fused-ring (bicyclic) bond motifs is 2. The van der Waals surface area contributed by atoms with E-state index in [-0.39, 0.29) is 0 Å². The molecule has 1 heterocycles. The minimum atomic E-state index is -0.391. The van der Waals surface area contributed by atoms with Crippen LogP contribution < -0.4 is 10.1 Å². The number of nitrogens with one attached hydrogen (secondary N) is 1. The number of nitrogens with zero attached hydrogens (tertiary/aromatic N) is 2. The van der Waals surface area contributed by atoms with E-state index in [1.165, 1.54) is 19.3 Å². The summed E-state index contributed by atoms with van der Waals surface area (Å²) < 4.78 is 22.1. The van der Waals surface area contributed by atoms with Crippen molar-refractivity contribution in [2.75, 3.05) is 11.9 Å². The van der Waals surface area contributed by atoms with Gasteiger partial charge in [0.15, 0.2) is 5.82 Å². The second kappa shape index (κ2) is 7.70. The highest BCUT2D eigenvalue weighted by atomic mass is 127. The Labute approximate surface area is 180 Å². The third kappa shape index (κ3) is 3.29. The minimum absolute atomic E-state index is 0.306. The van der Waals surface area contributed by atoms with Gasteiger partial charge in [-0.25, -0.2) is 9.37 Å². The number of halogens is 3. The van der Waals surface area contributed by atoms with Crippen molar-refractivity contribution in [3.05, 3.63) is 25.5 Å². The van der Waals surface area contributed by atoms with Gasteiger partial charge in [-0.15, -0.1) is 0 Å². The van der Waals surface area contributed by atoms with Crippen LogP contribution in [0.4, 0.5) is 10.1 Å². The fourth-order valence-electron chi connectivity index (χ4n) is 4.39. The second-order valence-corrected chi connectivity index (χ2v) is 9.13. The lowest BCUT2D eigenvalue weighted by atomic mass is 9.78. The van der Waals surface area contributed by atoms with Crippen LogP contribution in [0.3, 0.4) is 0 Å². The van der Waals surface area contributed by atoms with Crippen LogP contribution in [0.2, 0.25) is 0 Å². The van der Waals surface area contributed by atoms with Crippen LogP contribution in [-0.2, 0) is 6.42 Å². The molecule has 7 heteroatoms. The first-order valence-corrected chi connectivity index (χ1v) is 11.2. The van der Waals surface area contributed by atoms with Crippen molar-refractivity contribution >= 4 is 55.1 Å². The number of benzene rings is 1. The quantitative estimate of drug-likeness (QED) is 0.467. The molecular weight excluding hydrogens is 524 g/mol. The molecule has 2 aromatic rings. The van der Waals surface area contributed by atoms with Gasteiger partial charge < -0.3 is 10.1 Å². The van der Waals surface area contributed by atoms with E-state index < -0.39 is 5.82 Å². The average Bonchev–Trinajstić information content (AvgIpc) is 3.29. The lowest BCUT2D eigenvalue weighted by Crippen LogP contribution is -2.40.